The van der Waals surface area contributed by atoms with Crippen molar-refractivity contribution in [2.24, 2.45) is 0 Å². The van der Waals surface area contributed by atoms with E-state index >= 15 is 0 Å². The molecule has 1 unspecified atom stereocenters. The molecule has 0 radical (unpaired) electrons. The number of imidazole rings is 1. The fraction of sp³-hybridized carbons (Fsp3) is 0.312. The van der Waals surface area contributed by atoms with Crippen LogP contribution in [0.2, 0.25) is 10.1 Å². The molecular formula is C32H35BrCl2N2O3Si. The smallest absolute Gasteiger partial charge is 0.358 e. The highest BCUT2D eigenvalue weighted by Crippen LogP contribution is 2.37. The van der Waals surface area contributed by atoms with E-state index in [9.17, 15) is 4.79 Å². The van der Waals surface area contributed by atoms with Crippen molar-refractivity contribution in [2.75, 3.05) is 13.2 Å². The van der Waals surface area contributed by atoms with E-state index in [1.165, 1.54) is 10.4 Å². The molecule has 1 heterocycles. The first-order chi connectivity index (χ1) is 19.6. The molecule has 41 heavy (non-hydrogen) atoms. The second-order valence-corrected chi connectivity index (χ2v) is 16.7. The minimum absolute atomic E-state index is 0.122. The zero-order valence-corrected chi connectivity index (χ0v) is 27.8. The van der Waals surface area contributed by atoms with Gasteiger partial charge in [0, 0.05) is 18.2 Å². The number of alkyl halides is 1. The monoisotopic (exact) mass is 672 g/mol. The molecule has 0 bridgehead atoms. The fourth-order valence-electron chi connectivity index (χ4n) is 5.26. The first-order valence-corrected chi connectivity index (χ1v) is 17.2. The van der Waals surface area contributed by atoms with Crippen molar-refractivity contribution in [1.82, 2.24) is 9.55 Å². The minimum Gasteiger partial charge on any atom is -0.461 e. The number of hydrogen-bond acceptors (Lipinski definition) is 4. The lowest BCUT2D eigenvalue weighted by Crippen LogP contribution is -2.66. The average Bonchev–Trinajstić information content (AvgIpc) is 3.29. The number of nitrogens with zero attached hydrogens (tertiary/aromatic N) is 2. The van der Waals surface area contributed by atoms with E-state index < -0.39 is 19.7 Å². The third kappa shape index (κ3) is 6.81. The van der Waals surface area contributed by atoms with Gasteiger partial charge in [0.1, 0.15) is 5.38 Å². The predicted octanol–water partition coefficient (Wildman–Crippen LogP) is 7.77. The Bertz CT molecular complexity index is 1400. The first-order valence-electron chi connectivity index (χ1n) is 13.7. The van der Waals surface area contributed by atoms with Crippen molar-refractivity contribution < 1.29 is 14.0 Å². The first kappa shape index (κ1) is 31.5. The molecule has 0 saturated carbocycles. The standard InChI is InChI=1S/C32H35BrCl2N2O3Si/c1-5-39-30(38)28-29(27(35)23-17-19-24(34)20-18-23)37(31(33)36-28)21-12-22-40-41(32(2,3)4,25-13-8-6-9-14-25)26-15-10-7-11-16-26/h6-11,13-20,27H,5,12,21-22H2,1-4H3. The third-order valence-corrected chi connectivity index (χ3v) is 13.5. The molecule has 9 heteroatoms. The molecule has 0 aliphatic rings. The molecule has 1 atom stereocenters. The lowest BCUT2D eigenvalue weighted by atomic mass is 10.1. The van der Waals surface area contributed by atoms with Crippen molar-refractivity contribution in [3.63, 3.8) is 0 Å². The van der Waals surface area contributed by atoms with Crippen LogP contribution in [0, 0.1) is 0 Å². The van der Waals surface area contributed by atoms with Crippen LogP contribution in [0.5, 0.6) is 0 Å². The van der Waals surface area contributed by atoms with E-state index in [1.807, 2.05) is 28.8 Å². The van der Waals surface area contributed by atoms with E-state index in [0.717, 1.165) is 5.56 Å². The molecule has 0 aliphatic heterocycles. The van der Waals surface area contributed by atoms with Gasteiger partial charge in [0.15, 0.2) is 10.4 Å². The van der Waals surface area contributed by atoms with Crippen LogP contribution in [0.25, 0.3) is 0 Å². The van der Waals surface area contributed by atoms with Crippen LogP contribution in [0.1, 0.15) is 61.2 Å². The Morgan fingerprint density at radius 1 is 0.976 bits per heavy atom. The van der Waals surface area contributed by atoms with Gasteiger partial charge in [-0.05, 0) is 62.4 Å². The van der Waals surface area contributed by atoms with E-state index in [2.05, 4.69) is 90.2 Å². The van der Waals surface area contributed by atoms with Crippen molar-refractivity contribution >= 4 is 63.8 Å². The Morgan fingerprint density at radius 2 is 1.54 bits per heavy atom. The maximum absolute atomic E-state index is 12.9. The Balaban J connectivity index is 1.65. The number of esters is 1. The van der Waals surface area contributed by atoms with Crippen LogP contribution < -0.4 is 10.4 Å². The molecule has 3 aromatic carbocycles. The molecule has 0 saturated heterocycles. The van der Waals surface area contributed by atoms with Crippen LogP contribution in [-0.2, 0) is 15.7 Å². The SMILES string of the molecule is CCOC(=O)c1nc(Br)n(CCCO[Si](c2ccccc2)(c2ccccc2)C(C)(C)C)c1C(Cl)c1ccc(Cl)cc1. The molecule has 1 aromatic heterocycles. The Hall–Kier alpha value is -2.42. The Morgan fingerprint density at radius 3 is 2.05 bits per heavy atom. The number of carbonyl (C=O) groups is 1. The summed E-state index contributed by atoms with van der Waals surface area (Å²) in [5.41, 5.74) is 1.57. The van der Waals surface area contributed by atoms with Gasteiger partial charge in [0.2, 0.25) is 0 Å². The lowest BCUT2D eigenvalue weighted by molar-refractivity contribution is 0.0518. The van der Waals surface area contributed by atoms with Crippen LogP contribution >= 0.6 is 39.1 Å². The maximum atomic E-state index is 12.9. The Labute approximate surface area is 262 Å². The summed E-state index contributed by atoms with van der Waals surface area (Å²) in [6.45, 7) is 9.85. The number of rotatable bonds is 11. The highest BCUT2D eigenvalue weighted by Gasteiger charge is 2.50. The molecule has 0 spiro atoms. The zero-order chi connectivity index (χ0) is 29.6. The highest BCUT2D eigenvalue weighted by atomic mass is 79.9. The number of aromatic nitrogens is 2. The summed E-state index contributed by atoms with van der Waals surface area (Å²) < 4.78 is 14.8. The van der Waals surface area contributed by atoms with Crippen LogP contribution in [0.15, 0.2) is 89.7 Å². The quantitative estimate of drug-likeness (QED) is 0.0707. The molecule has 0 N–H and O–H groups in total. The molecule has 0 amide bonds. The van der Waals surface area contributed by atoms with Gasteiger partial charge in [-0.3, -0.25) is 0 Å². The second kappa shape index (κ2) is 13.7. The predicted molar refractivity (Wildman–Crippen MR) is 173 cm³/mol. The van der Waals surface area contributed by atoms with Crippen LogP contribution in [0.3, 0.4) is 0 Å². The number of carbonyl (C=O) groups excluding carboxylic acids is 1. The second-order valence-electron chi connectivity index (χ2n) is 10.8. The minimum atomic E-state index is -2.67. The summed E-state index contributed by atoms with van der Waals surface area (Å²) in [7, 11) is -2.67. The number of benzene rings is 3. The molecular weight excluding hydrogens is 639 g/mol. The Kier molecular flexibility index (Phi) is 10.5. The van der Waals surface area contributed by atoms with Gasteiger partial charge in [-0.25, -0.2) is 9.78 Å². The van der Waals surface area contributed by atoms with Gasteiger partial charge < -0.3 is 13.7 Å². The van der Waals surface area contributed by atoms with E-state index in [1.54, 1.807) is 19.1 Å². The van der Waals surface area contributed by atoms with E-state index in [4.69, 9.17) is 32.4 Å². The molecule has 0 fully saturated rings. The topological polar surface area (TPSA) is 53.3 Å². The number of hydrogen-bond donors (Lipinski definition) is 0. The van der Waals surface area contributed by atoms with Gasteiger partial charge in [-0.15, -0.1) is 11.6 Å². The van der Waals surface area contributed by atoms with Gasteiger partial charge in [-0.2, -0.15) is 0 Å². The molecule has 216 valence electrons. The molecule has 4 aromatic rings. The van der Waals surface area contributed by atoms with Crippen molar-refractivity contribution in [3.05, 3.63) is 112 Å². The summed E-state index contributed by atoms with van der Waals surface area (Å²) in [5, 5.41) is 2.32. The maximum Gasteiger partial charge on any atom is 0.358 e. The summed E-state index contributed by atoms with van der Waals surface area (Å²) in [5.74, 6) is -0.509. The fourth-order valence-corrected chi connectivity index (χ4v) is 10.9. The van der Waals surface area contributed by atoms with Crippen molar-refractivity contribution in [2.45, 2.75) is 51.1 Å². The van der Waals surface area contributed by atoms with Crippen molar-refractivity contribution in [1.29, 1.82) is 0 Å². The third-order valence-electron chi connectivity index (χ3n) is 7.09. The average molecular weight is 675 g/mol. The summed E-state index contributed by atoms with van der Waals surface area (Å²) in [6.07, 6.45) is 0.680. The molecule has 4 rings (SSSR count). The van der Waals surface area contributed by atoms with Crippen molar-refractivity contribution in [3.8, 4) is 0 Å². The molecule has 0 aliphatic carbocycles. The summed E-state index contributed by atoms with van der Waals surface area (Å²) >= 11 is 16.7. The van der Waals surface area contributed by atoms with Crippen LogP contribution in [0.4, 0.5) is 0 Å². The largest absolute Gasteiger partial charge is 0.461 e. The lowest BCUT2D eigenvalue weighted by Gasteiger charge is -2.43. The normalized spacial score (nSPS) is 12.8. The van der Waals surface area contributed by atoms with Gasteiger partial charge >= 0.3 is 5.97 Å². The van der Waals surface area contributed by atoms with Crippen LogP contribution in [-0.4, -0.2) is 37.1 Å². The summed E-state index contributed by atoms with van der Waals surface area (Å²) in [4.78, 5) is 17.4. The number of halogens is 3. The van der Waals surface area contributed by atoms with Gasteiger partial charge in [0.05, 0.1) is 12.3 Å². The molecule has 5 nitrogen and oxygen atoms in total. The van der Waals surface area contributed by atoms with E-state index in [0.29, 0.717) is 35.0 Å². The van der Waals surface area contributed by atoms with E-state index in [-0.39, 0.29) is 17.3 Å². The van der Waals surface area contributed by atoms with Gasteiger partial charge in [0.25, 0.3) is 8.32 Å². The summed E-state index contributed by atoms with van der Waals surface area (Å²) in [6, 6.07) is 28.4. The number of ether oxygens (including phenoxy) is 1. The zero-order valence-electron chi connectivity index (χ0n) is 23.7. The van der Waals surface area contributed by atoms with Gasteiger partial charge in [-0.1, -0.05) is 105 Å². The highest BCUT2D eigenvalue weighted by molar-refractivity contribution is 9.10.